The first kappa shape index (κ1) is 4.00. The molecule has 4 heteroatoms. The number of piperidine rings is 1. The zero-order valence-corrected chi connectivity index (χ0v) is 8.21. The van der Waals surface area contributed by atoms with E-state index in [9.17, 15) is 9.90 Å². The van der Waals surface area contributed by atoms with Crippen molar-refractivity contribution >= 4 is 6.09 Å². The molecule has 14 heavy (non-hydrogen) atoms. The van der Waals surface area contributed by atoms with Crippen LogP contribution in [-0.2, 0) is 4.74 Å². The van der Waals surface area contributed by atoms with Crippen LogP contribution in [0.25, 0.3) is 0 Å². The monoisotopic (exact) mass is 210 g/mol. The number of ether oxygens (including phenoxy) is 1. The summed E-state index contributed by atoms with van der Waals surface area (Å²) in [6.45, 7) is -2.92. The van der Waals surface area contributed by atoms with Crippen molar-refractivity contribution in [2.75, 3.05) is 13.0 Å². The molecule has 0 radical (unpaired) electrons. The second-order valence-corrected chi connectivity index (χ2v) is 3.64. The van der Waals surface area contributed by atoms with Crippen molar-refractivity contribution in [3.8, 4) is 0 Å². The molecule has 1 rings (SSSR count). The Morgan fingerprint density at radius 3 is 2.93 bits per heavy atom. The van der Waals surface area contributed by atoms with E-state index in [0.717, 1.165) is 0 Å². The van der Waals surface area contributed by atoms with E-state index in [4.69, 9.17) is 17.1 Å². The standard InChI is InChI=1S/C10H19NO3/c1-10(2,3)14-9(13)11-6-4-5-8(12)7-11/h8,12H,4-7H2,1-3H3/i4D2,5D2,6D2,7D2,8D. The molecule has 1 N–H and O–H groups in total. The van der Waals surface area contributed by atoms with Gasteiger partial charge in [-0.1, -0.05) is 0 Å². The van der Waals surface area contributed by atoms with Crippen molar-refractivity contribution in [3.63, 3.8) is 0 Å². The molecule has 1 atom stereocenters. The highest BCUT2D eigenvalue weighted by molar-refractivity contribution is 5.68. The summed E-state index contributed by atoms with van der Waals surface area (Å²) in [5.74, 6) is 0. The van der Waals surface area contributed by atoms with Crippen LogP contribution in [0.3, 0.4) is 0 Å². The number of aliphatic hydroxyl groups is 1. The molecule has 82 valence electrons. The van der Waals surface area contributed by atoms with Gasteiger partial charge in [0.1, 0.15) is 5.60 Å². The number of amides is 1. The predicted molar refractivity (Wildman–Crippen MR) is 53.0 cm³/mol. The van der Waals surface area contributed by atoms with Crippen LogP contribution < -0.4 is 0 Å². The Bertz CT molecular complexity index is 482. The highest BCUT2D eigenvalue weighted by Crippen LogP contribution is 2.14. The summed E-state index contributed by atoms with van der Waals surface area (Å²) in [5, 5.41) is 9.98. The summed E-state index contributed by atoms with van der Waals surface area (Å²) in [6, 6.07) is 0. The molecule has 1 saturated heterocycles. The van der Waals surface area contributed by atoms with Gasteiger partial charge < -0.3 is 14.7 Å². The van der Waals surface area contributed by atoms with E-state index in [1.807, 2.05) is 0 Å². The average molecular weight is 210 g/mol. The Kier molecular flexibility index (Phi) is 1.19. The van der Waals surface area contributed by atoms with E-state index in [0.29, 0.717) is 0 Å². The molecule has 0 aromatic rings. The maximum Gasteiger partial charge on any atom is 0.410 e. The average Bonchev–Trinajstić information content (AvgIpc) is 2.22. The number of hydrogen-bond acceptors (Lipinski definition) is 3. The summed E-state index contributed by atoms with van der Waals surface area (Å²) in [7, 11) is 0. The van der Waals surface area contributed by atoms with Gasteiger partial charge in [-0.25, -0.2) is 4.79 Å². The fourth-order valence-corrected chi connectivity index (χ4v) is 0.704. The fourth-order valence-electron chi connectivity index (χ4n) is 0.704. The van der Waals surface area contributed by atoms with Crippen LogP contribution in [0.2, 0.25) is 0 Å². The maximum atomic E-state index is 12.2. The van der Waals surface area contributed by atoms with Crippen molar-refractivity contribution in [2.45, 2.75) is 45.2 Å². The fraction of sp³-hybridized carbons (Fsp3) is 0.900. The van der Waals surface area contributed by atoms with Gasteiger partial charge >= 0.3 is 6.09 Å². The lowest BCUT2D eigenvalue weighted by molar-refractivity contribution is 0.00391. The molecule has 0 aliphatic carbocycles. The summed E-state index contributed by atoms with van der Waals surface area (Å²) < 4.78 is 73.7. The van der Waals surface area contributed by atoms with Gasteiger partial charge in [-0.2, -0.15) is 0 Å². The second kappa shape index (κ2) is 4.17. The maximum absolute atomic E-state index is 12.2. The van der Waals surface area contributed by atoms with Crippen molar-refractivity contribution in [2.24, 2.45) is 0 Å². The van der Waals surface area contributed by atoms with Gasteiger partial charge in [0.2, 0.25) is 0 Å². The van der Waals surface area contributed by atoms with Gasteiger partial charge in [0.25, 0.3) is 0 Å². The van der Waals surface area contributed by atoms with Crippen LogP contribution >= 0.6 is 0 Å². The largest absolute Gasteiger partial charge is 0.444 e. The van der Waals surface area contributed by atoms with Crippen LogP contribution in [0.15, 0.2) is 0 Å². The number of carbonyl (C=O) groups is 1. The topological polar surface area (TPSA) is 49.8 Å². The van der Waals surface area contributed by atoms with Gasteiger partial charge in [0.05, 0.1) is 10.2 Å². The number of hydrogen-bond donors (Lipinski definition) is 1. The third kappa shape index (κ3) is 3.54. The molecular weight excluding hydrogens is 182 g/mol. The summed E-state index contributed by atoms with van der Waals surface area (Å²) in [6.07, 6.45) is -12.7. The Morgan fingerprint density at radius 2 is 2.36 bits per heavy atom. The first-order valence-electron chi connectivity index (χ1n) is 8.51. The normalized spacial score (nSPS) is 52.6. The van der Waals surface area contributed by atoms with E-state index in [-0.39, 0.29) is 4.90 Å². The number of β-amino-alcohol motifs (C(OH)–C–C–N with tert-alkyl or cyclic N) is 1. The third-order valence-corrected chi connectivity index (χ3v) is 1.14. The molecule has 1 heterocycles. The van der Waals surface area contributed by atoms with Crippen LogP contribution in [0.1, 0.15) is 45.9 Å². The highest BCUT2D eigenvalue weighted by Gasteiger charge is 2.26. The second-order valence-electron chi connectivity index (χ2n) is 3.64. The lowest BCUT2D eigenvalue weighted by atomic mass is 10.1. The number of rotatable bonds is 0. The van der Waals surface area contributed by atoms with E-state index >= 15 is 0 Å². The van der Waals surface area contributed by atoms with Crippen LogP contribution in [-0.4, -0.2) is 40.8 Å². The lowest BCUT2D eigenvalue weighted by Gasteiger charge is -2.32. The molecule has 1 amide bonds. The minimum Gasteiger partial charge on any atom is -0.444 e. The first-order valence-corrected chi connectivity index (χ1v) is 4.01. The van der Waals surface area contributed by atoms with E-state index in [1.54, 1.807) is 0 Å². The lowest BCUT2D eigenvalue weighted by Crippen LogP contribution is -2.44. The minimum absolute atomic E-state index is 0.389. The molecule has 1 aliphatic rings. The van der Waals surface area contributed by atoms with Gasteiger partial charge in [0, 0.05) is 21.2 Å². The van der Waals surface area contributed by atoms with Gasteiger partial charge in [-0.05, 0) is 33.5 Å². The molecule has 1 fully saturated rings. The summed E-state index contributed by atoms with van der Waals surface area (Å²) in [5.41, 5.74) is -1.19. The van der Waals surface area contributed by atoms with E-state index < -0.39 is 43.5 Å². The molecule has 0 aromatic heterocycles. The van der Waals surface area contributed by atoms with Gasteiger partial charge in [-0.3, -0.25) is 0 Å². The Balaban J connectivity index is 3.60. The summed E-state index contributed by atoms with van der Waals surface area (Å²) in [4.78, 5) is 11.8. The van der Waals surface area contributed by atoms with Crippen LogP contribution in [0, 0.1) is 0 Å². The zero-order chi connectivity index (χ0) is 18.9. The molecule has 0 aromatic carbocycles. The van der Waals surface area contributed by atoms with Gasteiger partial charge in [-0.15, -0.1) is 0 Å². The van der Waals surface area contributed by atoms with Crippen LogP contribution in [0.5, 0.6) is 0 Å². The molecular formula is C10H19NO3. The Morgan fingerprint density at radius 1 is 1.71 bits per heavy atom. The van der Waals surface area contributed by atoms with Crippen molar-refractivity contribution in [1.82, 2.24) is 4.90 Å². The highest BCUT2D eigenvalue weighted by atomic mass is 16.6. The number of carbonyl (C=O) groups excluding carboxylic acids is 1. The third-order valence-electron chi connectivity index (χ3n) is 1.14. The SMILES string of the molecule is [2H]C1([2H])N(C(=O)OC(C)(C)C)C([2H])([2H])C([2H])(O)C([2H])([2H])C1([2H])[2H]. The molecule has 0 bridgehead atoms. The van der Waals surface area contributed by atoms with Crippen molar-refractivity contribution < 1.29 is 27.0 Å². The quantitative estimate of drug-likeness (QED) is 0.657. The minimum atomic E-state index is -3.79. The summed E-state index contributed by atoms with van der Waals surface area (Å²) >= 11 is 0. The van der Waals surface area contributed by atoms with Crippen LogP contribution in [0.4, 0.5) is 4.79 Å². The van der Waals surface area contributed by atoms with Gasteiger partial charge in [0.15, 0.2) is 0 Å². The molecule has 1 aliphatic heterocycles. The molecule has 4 nitrogen and oxygen atoms in total. The first-order chi connectivity index (χ1) is 9.75. The Hall–Kier alpha value is -0.770. The Labute approximate surface area is 97.5 Å². The molecule has 0 saturated carbocycles. The van der Waals surface area contributed by atoms with Crippen molar-refractivity contribution in [1.29, 1.82) is 0 Å². The number of likely N-dealkylation sites (tertiary alicyclic amines) is 1. The van der Waals surface area contributed by atoms with E-state index in [1.165, 1.54) is 20.8 Å². The number of nitrogens with zero attached hydrogens (tertiary/aromatic N) is 1. The molecule has 0 spiro atoms. The smallest absolute Gasteiger partial charge is 0.410 e. The van der Waals surface area contributed by atoms with E-state index in [2.05, 4.69) is 0 Å². The predicted octanol–water partition coefficient (Wildman–Crippen LogP) is 1.38. The van der Waals surface area contributed by atoms with Crippen molar-refractivity contribution in [3.05, 3.63) is 0 Å². The zero-order valence-electron chi connectivity index (χ0n) is 17.2. The molecule has 1 unspecified atom stereocenters.